The molecule has 0 bridgehead atoms. The molecule has 0 fully saturated rings. The van der Waals surface area contributed by atoms with Gasteiger partial charge in [0.2, 0.25) is 0 Å². The molecule has 0 unspecified atom stereocenters. The topological polar surface area (TPSA) is 42.0 Å². The summed E-state index contributed by atoms with van der Waals surface area (Å²) in [7, 11) is 0. The van der Waals surface area contributed by atoms with Crippen molar-refractivity contribution in [2.24, 2.45) is 0 Å². The fraction of sp³-hybridized carbons (Fsp3) is 0.200. The predicted octanol–water partition coefficient (Wildman–Crippen LogP) is 4.72. The highest BCUT2D eigenvalue weighted by Gasteiger charge is 2.13. The molecule has 0 saturated carbocycles. The molecule has 2 aromatic carbocycles. The first-order chi connectivity index (χ1) is 11.0. The Hall–Kier alpha value is -2.68. The van der Waals surface area contributed by atoms with E-state index in [1.807, 2.05) is 64.1 Å². The van der Waals surface area contributed by atoms with E-state index in [0.717, 1.165) is 39.0 Å². The van der Waals surface area contributed by atoms with Crippen LogP contribution in [0.2, 0.25) is 0 Å². The van der Waals surface area contributed by atoms with E-state index in [-0.39, 0.29) is 5.91 Å². The van der Waals surface area contributed by atoms with E-state index in [1.165, 1.54) is 0 Å². The summed E-state index contributed by atoms with van der Waals surface area (Å²) in [6, 6.07) is 13.9. The molecular weight excluding hydrogens is 284 g/mol. The Labute approximate surface area is 136 Å². The molecule has 1 amide bonds. The molecule has 3 rings (SSSR count). The molecule has 0 aliphatic carbocycles. The van der Waals surface area contributed by atoms with Crippen molar-refractivity contribution in [2.45, 2.75) is 27.7 Å². The third kappa shape index (κ3) is 2.95. The van der Waals surface area contributed by atoms with E-state index in [0.29, 0.717) is 5.56 Å². The number of benzene rings is 2. The van der Waals surface area contributed by atoms with Crippen LogP contribution in [0.5, 0.6) is 0 Å². The van der Waals surface area contributed by atoms with Gasteiger partial charge >= 0.3 is 0 Å². The first-order valence-electron chi connectivity index (χ1n) is 7.71. The number of carbonyl (C=O) groups is 1. The molecule has 3 heteroatoms. The molecule has 3 nitrogen and oxygen atoms in total. The molecule has 0 aliphatic heterocycles. The lowest BCUT2D eigenvalue weighted by Crippen LogP contribution is -2.15. The Morgan fingerprint density at radius 2 is 1.78 bits per heavy atom. The number of nitrogens with one attached hydrogen (secondary N) is 1. The second kappa shape index (κ2) is 5.84. The summed E-state index contributed by atoms with van der Waals surface area (Å²) in [5.41, 5.74) is 6.52. The van der Waals surface area contributed by atoms with Gasteiger partial charge in [-0.2, -0.15) is 0 Å². The van der Waals surface area contributed by atoms with Gasteiger partial charge in [-0.3, -0.25) is 9.78 Å². The number of pyridine rings is 1. The van der Waals surface area contributed by atoms with E-state index >= 15 is 0 Å². The maximum Gasteiger partial charge on any atom is 0.257 e. The average Bonchev–Trinajstić information content (AvgIpc) is 2.51. The summed E-state index contributed by atoms with van der Waals surface area (Å²) in [5, 5.41) is 4.00. The van der Waals surface area contributed by atoms with Crippen LogP contribution < -0.4 is 5.32 Å². The SMILES string of the molecule is Cc1ccc2nc(C)c(C(=O)Nc3cccc(C)c3C)cc2c1. The second-order valence-corrected chi connectivity index (χ2v) is 6.02. The predicted molar refractivity (Wildman–Crippen MR) is 95.1 cm³/mol. The zero-order chi connectivity index (χ0) is 16.6. The molecule has 1 N–H and O–H groups in total. The first-order valence-corrected chi connectivity index (χ1v) is 7.71. The zero-order valence-corrected chi connectivity index (χ0v) is 13.9. The van der Waals surface area contributed by atoms with Gasteiger partial charge in [0.1, 0.15) is 0 Å². The van der Waals surface area contributed by atoms with Crippen molar-refractivity contribution in [2.75, 3.05) is 5.32 Å². The smallest absolute Gasteiger partial charge is 0.257 e. The number of rotatable bonds is 2. The van der Waals surface area contributed by atoms with Gasteiger partial charge in [-0.15, -0.1) is 0 Å². The number of hydrogen-bond acceptors (Lipinski definition) is 2. The fourth-order valence-corrected chi connectivity index (χ4v) is 2.70. The van der Waals surface area contributed by atoms with E-state index in [2.05, 4.69) is 16.4 Å². The Balaban J connectivity index is 2.00. The Morgan fingerprint density at radius 1 is 1.00 bits per heavy atom. The minimum Gasteiger partial charge on any atom is -0.322 e. The average molecular weight is 304 g/mol. The minimum absolute atomic E-state index is 0.118. The lowest BCUT2D eigenvalue weighted by Gasteiger charge is -2.12. The van der Waals surface area contributed by atoms with Crippen LogP contribution in [0.15, 0.2) is 42.5 Å². The van der Waals surface area contributed by atoms with Crippen LogP contribution in [0.25, 0.3) is 10.9 Å². The summed E-state index contributed by atoms with van der Waals surface area (Å²) in [5.74, 6) is -0.118. The van der Waals surface area contributed by atoms with Crippen LogP contribution in [0, 0.1) is 27.7 Å². The first kappa shape index (κ1) is 15.2. The van der Waals surface area contributed by atoms with Crippen molar-refractivity contribution in [3.8, 4) is 0 Å². The van der Waals surface area contributed by atoms with Crippen LogP contribution >= 0.6 is 0 Å². The highest BCUT2D eigenvalue weighted by Crippen LogP contribution is 2.22. The molecule has 0 saturated heterocycles. The number of fused-ring (bicyclic) bond motifs is 1. The van der Waals surface area contributed by atoms with Gasteiger partial charge in [0.05, 0.1) is 16.8 Å². The number of aryl methyl sites for hydroxylation is 3. The molecule has 0 radical (unpaired) electrons. The summed E-state index contributed by atoms with van der Waals surface area (Å²) in [6.07, 6.45) is 0. The number of amides is 1. The number of aromatic nitrogens is 1. The summed E-state index contributed by atoms with van der Waals surface area (Å²) < 4.78 is 0. The zero-order valence-electron chi connectivity index (χ0n) is 13.9. The molecule has 1 aromatic heterocycles. The maximum absolute atomic E-state index is 12.7. The summed E-state index contributed by atoms with van der Waals surface area (Å²) in [4.78, 5) is 17.2. The molecule has 23 heavy (non-hydrogen) atoms. The Bertz CT molecular complexity index is 913. The second-order valence-electron chi connectivity index (χ2n) is 6.02. The number of anilines is 1. The normalized spacial score (nSPS) is 10.8. The van der Waals surface area contributed by atoms with E-state index < -0.39 is 0 Å². The Morgan fingerprint density at radius 3 is 2.57 bits per heavy atom. The highest BCUT2D eigenvalue weighted by molar-refractivity contribution is 6.07. The molecule has 0 aliphatic rings. The van der Waals surface area contributed by atoms with Gasteiger partial charge in [-0.1, -0.05) is 23.8 Å². The van der Waals surface area contributed by atoms with Gasteiger partial charge in [0.25, 0.3) is 5.91 Å². The Kier molecular flexibility index (Phi) is 3.87. The van der Waals surface area contributed by atoms with Crippen molar-refractivity contribution in [1.29, 1.82) is 0 Å². The van der Waals surface area contributed by atoms with Crippen LogP contribution in [0.4, 0.5) is 5.69 Å². The minimum atomic E-state index is -0.118. The van der Waals surface area contributed by atoms with Gasteiger partial charge in [-0.25, -0.2) is 0 Å². The standard InChI is InChI=1S/C20H20N2O/c1-12-8-9-19-16(10-12)11-17(15(4)21-19)20(23)22-18-7-5-6-13(2)14(18)3/h5-11H,1-4H3,(H,22,23). The molecule has 3 aromatic rings. The monoisotopic (exact) mass is 304 g/mol. The van der Waals surface area contributed by atoms with Crippen molar-refractivity contribution in [3.63, 3.8) is 0 Å². The largest absolute Gasteiger partial charge is 0.322 e. The fourth-order valence-electron chi connectivity index (χ4n) is 2.70. The number of carbonyl (C=O) groups excluding carboxylic acids is 1. The number of nitrogens with zero attached hydrogens (tertiary/aromatic N) is 1. The van der Waals surface area contributed by atoms with Crippen LogP contribution in [0.3, 0.4) is 0 Å². The van der Waals surface area contributed by atoms with Crippen LogP contribution in [-0.2, 0) is 0 Å². The van der Waals surface area contributed by atoms with Crippen molar-refractivity contribution in [3.05, 3.63) is 70.4 Å². The maximum atomic E-state index is 12.7. The molecule has 0 atom stereocenters. The van der Waals surface area contributed by atoms with E-state index in [4.69, 9.17) is 0 Å². The molecule has 116 valence electrons. The quantitative estimate of drug-likeness (QED) is 0.744. The molecular formula is C20H20N2O. The van der Waals surface area contributed by atoms with E-state index in [1.54, 1.807) is 0 Å². The molecule has 1 heterocycles. The lowest BCUT2D eigenvalue weighted by atomic mass is 10.1. The molecule has 0 spiro atoms. The van der Waals surface area contributed by atoms with Crippen LogP contribution in [0.1, 0.15) is 32.7 Å². The summed E-state index contributed by atoms with van der Waals surface area (Å²) in [6.45, 7) is 7.96. The van der Waals surface area contributed by atoms with Gasteiger partial charge in [0.15, 0.2) is 0 Å². The third-order valence-corrected chi connectivity index (χ3v) is 4.26. The van der Waals surface area contributed by atoms with Gasteiger partial charge in [-0.05, 0) is 63.1 Å². The number of hydrogen-bond donors (Lipinski definition) is 1. The lowest BCUT2D eigenvalue weighted by molar-refractivity contribution is 0.102. The van der Waals surface area contributed by atoms with E-state index in [9.17, 15) is 4.79 Å². The van der Waals surface area contributed by atoms with Crippen molar-refractivity contribution < 1.29 is 4.79 Å². The van der Waals surface area contributed by atoms with Crippen LogP contribution in [-0.4, -0.2) is 10.9 Å². The van der Waals surface area contributed by atoms with Gasteiger partial charge < -0.3 is 5.32 Å². The third-order valence-electron chi connectivity index (χ3n) is 4.26. The van der Waals surface area contributed by atoms with Gasteiger partial charge in [0, 0.05) is 11.1 Å². The summed E-state index contributed by atoms with van der Waals surface area (Å²) >= 11 is 0. The van der Waals surface area contributed by atoms with Crippen molar-refractivity contribution >= 4 is 22.5 Å². The highest BCUT2D eigenvalue weighted by atomic mass is 16.1. The van der Waals surface area contributed by atoms with Crippen molar-refractivity contribution in [1.82, 2.24) is 4.98 Å².